The Morgan fingerprint density at radius 2 is 1.53 bits per heavy atom. The molecule has 0 aliphatic carbocycles. The summed E-state index contributed by atoms with van der Waals surface area (Å²) in [6.45, 7) is 0.402. The number of benzene rings is 4. The summed E-state index contributed by atoms with van der Waals surface area (Å²) in [5.41, 5.74) is 2.97. The van der Waals surface area contributed by atoms with Crippen LogP contribution in [0.2, 0.25) is 0 Å². The van der Waals surface area contributed by atoms with Crippen molar-refractivity contribution >= 4 is 34.5 Å². The van der Waals surface area contributed by atoms with Crippen LogP contribution in [0.1, 0.15) is 16.7 Å². The summed E-state index contributed by atoms with van der Waals surface area (Å²) in [5, 5.41) is 8.21. The topological polar surface area (TPSA) is 79.8 Å². The molecule has 9 heteroatoms. The van der Waals surface area contributed by atoms with Crippen LogP contribution in [-0.2, 0) is 22.4 Å². The van der Waals surface area contributed by atoms with Crippen molar-refractivity contribution < 1.29 is 27.5 Å². The van der Waals surface area contributed by atoms with E-state index in [-0.39, 0.29) is 5.69 Å². The molecular weight excluding hydrogens is 471 g/mol. The van der Waals surface area contributed by atoms with Gasteiger partial charge in [-0.15, -0.1) is 0 Å². The van der Waals surface area contributed by atoms with Crippen molar-refractivity contribution in [1.29, 1.82) is 0 Å². The number of carbonyl (C=O) groups excluding carboxylic acids is 2. The maximum atomic E-state index is 12.6. The second kappa shape index (κ2) is 10.7. The first kappa shape index (κ1) is 24.5. The standard InChI is InChI=1S/C27H20F3N3O3/c28-27(29,30)21-10-12-22(13-11-21)32-25(34)26(35)33-31-16-18-8-14-23(15-9-18)36-17-20-6-3-5-19-4-1-2-7-24(19)20/h1-16H,17H2,(H,32,34)(H,33,35). The third kappa shape index (κ3) is 6.26. The molecule has 0 fully saturated rings. The van der Waals surface area contributed by atoms with Crippen LogP contribution in [0.25, 0.3) is 10.8 Å². The molecular formula is C27H20F3N3O3. The normalized spacial score (nSPS) is 11.4. The van der Waals surface area contributed by atoms with Crippen LogP contribution in [-0.4, -0.2) is 18.0 Å². The number of alkyl halides is 3. The Kier molecular flexibility index (Phi) is 7.29. The molecule has 4 aromatic carbocycles. The van der Waals surface area contributed by atoms with E-state index in [4.69, 9.17) is 4.74 Å². The van der Waals surface area contributed by atoms with Gasteiger partial charge in [-0.05, 0) is 70.4 Å². The van der Waals surface area contributed by atoms with Gasteiger partial charge in [0, 0.05) is 5.69 Å². The van der Waals surface area contributed by atoms with E-state index < -0.39 is 23.6 Å². The maximum Gasteiger partial charge on any atom is 0.416 e. The number of ether oxygens (including phenoxy) is 1. The molecule has 2 amide bonds. The Morgan fingerprint density at radius 3 is 2.25 bits per heavy atom. The van der Waals surface area contributed by atoms with Gasteiger partial charge in [-0.1, -0.05) is 42.5 Å². The Bertz CT molecular complexity index is 1390. The number of nitrogens with one attached hydrogen (secondary N) is 2. The largest absolute Gasteiger partial charge is 0.489 e. The molecule has 0 aliphatic heterocycles. The highest BCUT2D eigenvalue weighted by Crippen LogP contribution is 2.29. The first-order valence-electron chi connectivity index (χ1n) is 10.8. The van der Waals surface area contributed by atoms with Gasteiger partial charge in [-0.2, -0.15) is 18.3 Å². The number of anilines is 1. The third-order valence-electron chi connectivity index (χ3n) is 5.21. The number of carbonyl (C=O) groups is 2. The van der Waals surface area contributed by atoms with Crippen LogP contribution >= 0.6 is 0 Å². The number of hydrazone groups is 1. The predicted molar refractivity (Wildman–Crippen MR) is 131 cm³/mol. The van der Waals surface area contributed by atoms with Crippen LogP contribution in [0.15, 0.2) is 96.1 Å². The van der Waals surface area contributed by atoms with Gasteiger partial charge in [0.05, 0.1) is 11.8 Å². The second-order valence-corrected chi connectivity index (χ2v) is 7.72. The van der Waals surface area contributed by atoms with Gasteiger partial charge in [-0.3, -0.25) is 9.59 Å². The van der Waals surface area contributed by atoms with Crippen LogP contribution in [0.3, 0.4) is 0 Å². The molecule has 0 saturated carbocycles. The lowest BCUT2D eigenvalue weighted by Crippen LogP contribution is -2.32. The average molecular weight is 491 g/mol. The highest BCUT2D eigenvalue weighted by molar-refractivity contribution is 6.39. The van der Waals surface area contributed by atoms with E-state index in [9.17, 15) is 22.8 Å². The molecule has 0 heterocycles. The van der Waals surface area contributed by atoms with E-state index in [1.165, 1.54) is 6.21 Å². The van der Waals surface area contributed by atoms with E-state index in [0.717, 1.165) is 40.6 Å². The summed E-state index contributed by atoms with van der Waals surface area (Å²) >= 11 is 0. The van der Waals surface area contributed by atoms with Crippen LogP contribution < -0.4 is 15.5 Å². The molecule has 2 N–H and O–H groups in total. The quantitative estimate of drug-likeness (QED) is 0.212. The van der Waals surface area contributed by atoms with Crippen molar-refractivity contribution in [3.63, 3.8) is 0 Å². The lowest BCUT2D eigenvalue weighted by atomic mass is 10.1. The fourth-order valence-electron chi connectivity index (χ4n) is 3.38. The van der Waals surface area contributed by atoms with Crippen LogP contribution in [0, 0.1) is 0 Å². The second-order valence-electron chi connectivity index (χ2n) is 7.72. The SMILES string of the molecule is O=C(NN=Cc1ccc(OCc2cccc3ccccc23)cc1)C(=O)Nc1ccc(C(F)(F)F)cc1. The van der Waals surface area contributed by atoms with Gasteiger partial charge in [0.15, 0.2) is 0 Å². The molecule has 36 heavy (non-hydrogen) atoms. The lowest BCUT2D eigenvalue weighted by Gasteiger charge is -2.09. The van der Waals surface area contributed by atoms with E-state index in [1.54, 1.807) is 24.3 Å². The molecule has 0 saturated heterocycles. The van der Waals surface area contributed by atoms with Crippen molar-refractivity contribution in [2.45, 2.75) is 12.8 Å². The zero-order valence-corrected chi connectivity index (χ0v) is 18.8. The fraction of sp³-hybridized carbons (Fsp3) is 0.0741. The Balaban J connectivity index is 1.27. The minimum absolute atomic E-state index is 0.0474. The molecule has 0 aromatic heterocycles. The van der Waals surface area contributed by atoms with E-state index in [0.29, 0.717) is 17.9 Å². The molecule has 0 spiro atoms. The van der Waals surface area contributed by atoms with E-state index >= 15 is 0 Å². The summed E-state index contributed by atoms with van der Waals surface area (Å²) in [6, 6.07) is 24.8. The molecule has 4 rings (SSSR count). The van der Waals surface area contributed by atoms with Gasteiger partial charge in [0.1, 0.15) is 12.4 Å². The molecule has 0 bridgehead atoms. The first-order valence-corrected chi connectivity index (χ1v) is 10.8. The molecule has 0 aliphatic rings. The van der Waals surface area contributed by atoms with Gasteiger partial charge in [0.2, 0.25) is 0 Å². The van der Waals surface area contributed by atoms with Crippen molar-refractivity contribution in [3.05, 3.63) is 108 Å². The predicted octanol–water partition coefficient (Wildman–Crippen LogP) is 5.53. The number of nitrogens with zero attached hydrogens (tertiary/aromatic N) is 1. The summed E-state index contributed by atoms with van der Waals surface area (Å²) < 4.78 is 43.7. The monoisotopic (exact) mass is 491 g/mol. The number of amides is 2. The molecule has 182 valence electrons. The van der Waals surface area contributed by atoms with Crippen LogP contribution in [0.4, 0.5) is 18.9 Å². The zero-order valence-electron chi connectivity index (χ0n) is 18.8. The number of halogens is 3. The maximum absolute atomic E-state index is 12.6. The highest BCUT2D eigenvalue weighted by Gasteiger charge is 2.30. The smallest absolute Gasteiger partial charge is 0.416 e. The Labute approximate surface area is 204 Å². The van der Waals surface area contributed by atoms with Crippen molar-refractivity contribution in [2.75, 3.05) is 5.32 Å². The van der Waals surface area contributed by atoms with E-state index in [1.807, 2.05) is 42.5 Å². The van der Waals surface area contributed by atoms with Crippen molar-refractivity contribution in [3.8, 4) is 5.75 Å². The number of hydrogen-bond donors (Lipinski definition) is 2. The minimum atomic E-state index is -4.49. The minimum Gasteiger partial charge on any atom is -0.489 e. The summed E-state index contributed by atoms with van der Waals surface area (Å²) in [4.78, 5) is 23.8. The summed E-state index contributed by atoms with van der Waals surface area (Å²) in [7, 11) is 0. The molecule has 6 nitrogen and oxygen atoms in total. The first-order chi connectivity index (χ1) is 17.3. The number of hydrogen-bond acceptors (Lipinski definition) is 4. The van der Waals surface area contributed by atoms with Gasteiger partial charge >= 0.3 is 18.0 Å². The number of rotatable bonds is 6. The molecule has 0 radical (unpaired) electrons. The van der Waals surface area contributed by atoms with Crippen LogP contribution in [0.5, 0.6) is 5.75 Å². The Hall–Kier alpha value is -4.66. The third-order valence-corrected chi connectivity index (χ3v) is 5.21. The molecule has 0 atom stereocenters. The van der Waals surface area contributed by atoms with Crippen molar-refractivity contribution in [1.82, 2.24) is 5.43 Å². The Morgan fingerprint density at radius 1 is 0.833 bits per heavy atom. The fourth-order valence-corrected chi connectivity index (χ4v) is 3.38. The molecule has 0 unspecified atom stereocenters. The number of fused-ring (bicyclic) bond motifs is 1. The average Bonchev–Trinajstić information content (AvgIpc) is 2.88. The summed E-state index contributed by atoms with van der Waals surface area (Å²) in [5.74, 6) is -1.48. The van der Waals surface area contributed by atoms with E-state index in [2.05, 4.69) is 15.8 Å². The zero-order chi connectivity index (χ0) is 25.5. The van der Waals surface area contributed by atoms with Gasteiger partial charge < -0.3 is 10.1 Å². The molecule has 4 aromatic rings. The van der Waals surface area contributed by atoms with Gasteiger partial charge in [0.25, 0.3) is 0 Å². The summed E-state index contributed by atoms with van der Waals surface area (Å²) in [6.07, 6.45) is -3.15. The van der Waals surface area contributed by atoms with Gasteiger partial charge in [-0.25, -0.2) is 5.43 Å². The lowest BCUT2D eigenvalue weighted by molar-refractivity contribution is -0.137. The highest BCUT2D eigenvalue weighted by atomic mass is 19.4. The van der Waals surface area contributed by atoms with Crippen molar-refractivity contribution in [2.24, 2.45) is 5.10 Å².